The van der Waals surface area contributed by atoms with Crippen molar-refractivity contribution >= 4 is 17.4 Å². The van der Waals surface area contributed by atoms with Gasteiger partial charge < -0.3 is 9.64 Å². The van der Waals surface area contributed by atoms with E-state index < -0.39 is 0 Å². The van der Waals surface area contributed by atoms with Gasteiger partial charge >= 0.3 is 0 Å². The van der Waals surface area contributed by atoms with Crippen LogP contribution in [-0.4, -0.2) is 36.3 Å². The molecule has 0 amide bonds. The summed E-state index contributed by atoms with van der Waals surface area (Å²) in [5, 5.41) is 0.509. The van der Waals surface area contributed by atoms with Gasteiger partial charge in [0.2, 0.25) is 0 Å². The molecule has 5 heteroatoms. The molecular weight excluding hydrogens is 226 g/mol. The molecule has 2 atom stereocenters. The van der Waals surface area contributed by atoms with E-state index >= 15 is 0 Å². The molecule has 86 valence electrons. The van der Waals surface area contributed by atoms with Crippen molar-refractivity contribution in [2.45, 2.75) is 6.42 Å². The van der Waals surface area contributed by atoms with E-state index in [1.54, 1.807) is 0 Å². The minimum atomic E-state index is 0.509. The molecule has 2 aliphatic rings. The number of hydrogen-bond acceptors (Lipinski definition) is 4. The zero-order valence-corrected chi connectivity index (χ0v) is 9.73. The van der Waals surface area contributed by atoms with Crippen LogP contribution in [0.2, 0.25) is 5.15 Å². The first kappa shape index (κ1) is 10.3. The molecule has 0 aromatic carbocycles. The SMILES string of the molecule is Clc1cc(N2CC[C@H]3COC[C@H]3C2)ncn1. The predicted octanol–water partition coefficient (Wildman–Crippen LogP) is 1.60. The first-order chi connectivity index (χ1) is 7.83. The molecule has 0 N–H and O–H groups in total. The predicted molar refractivity (Wildman–Crippen MR) is 61.7 cm³/mol. The van der Waals surface area contributed by atoms with Gasteiger partial charge in [-0.1, -0.05) is 11.6 Å². The molecule has 2 aliphatic heterocycles. The summed E-state index contributed by atoms with van der Waals surface area (Å²) in [7, 11) is 0. The third kappa shape index (κ3) is 1.87. The quantitative estimate of drug-likeness (QED) is 0.698. The molecule has 0 radical (unpaired) electrons. The highest BCUT2D eigenvalue weighted by atomic mass is 35.5. The van der Waals surface area contributed by atoms with Crippen LogP contribution >= 0.6 is 11.6 Å². The highest BCUT2D eigenvalue weighted by Gasteiger charge is 2.34. The van der Waals surface area contributed by atoms with Gasteiger partial charge in [-0.05, 0) is 12.3 Å². The molecule has 3 rings (SSSR count). The Kier molecular flexibility index (Phi) is 2.69. The second kappa shape index (κ2) is 4.18. The fourth-order valence-electron chi connectivity index (χ4n) is 2.57. The van der Waals surface area contributed by atoms with E-state index in [9.17, 15) is 0 Å². The average molecular weight is 240 g/mol. The summed E-state index contributed by atoms with van der Waals surface area (Å²) in [5.41, 5.74) is 0. The van der Waals surface area contributed by atoms with Gasteiger partial charge in [0, 0.05) is 31.7 Å². The maximum Gasteiger partial charge on any atom is 0.134 e. The lowest BCUT2D eigenvalue weighted by atomic mass is 9.89. The van der Waals surface area contributed by atoms with Crippen LogP contribution < -0.4 is 4.90 Å². The fourth-order valence-corrected chi connectivity index (χ4v) is 2.71. The number of aromatic nitrogens is 2. The second-order valence-corrected chi connectivity index (χ2v) is 4.88. The van der Waals surface area contributed by atoms with Crippen molar-refractivity contribution in [2.24, 2.45) is 11.8 Å². The molecule has 1 aromatic rings. The number of halogens is 1. The minimum absolute atomic E-state index is 0.509. The van der Waals surface area contributed by atoms with Crippen LogP contribution in [0.1, 0.15) is 6.42 Å². The Bertz CT molecular complexity index is 387. The number of piperidine rings is 1. The van der Waals surface area contributed by atoms with Crippen LogP contribution in [0.15, 0.2) is 12.4 Å². The topological polar surface area (TPSA) is 38.2 Å². The molecule has 0 unspecified atom stereocenters. The Morgan fingerprint density at radius 3 is 3.06 bits per heavy atom. The van der Waals surface area contributed by atoms with Crippen molar-refractivity contribution in [1.29, 1.82) is 0 Å². The number of rotatable bonds is 1. The zero-order chi connectivity index (χ0) is 11.0. The lowest BCUT2D eigenvalue weighted by Gasteiger charge is -2.34. The van der Waals surface area contributed by atoms with Crippen LogP contribution in [0.4, 0.5) is 5.82 Å². The van der Waals surface area contributed by atoms with Gasteiger partial charge in [-0.15, -0.1) is 0 Å². The van der Waals surface area contributed by atoms with Crippen LogP contribution in [-0.2, 0) is 4.74 Å². The monoisotopic (exact) mass is 239 g/mol. The Balaban J connectivity index is 1.76. The highest BCUT2D eigenvalue weighted by molar-refractivity contribution is 6.29. The smallest absolute Gasteiger partial charge is 0.134 e. The standard InChI is InChI=1S/C11H14ClN3O/c12-10-3-11(14-7-13-10)15-2-1-8-5-16-6-9(8)4-15/h3,7-9H,1-2,4-6H2/t8-,9+/m0/s1. The molecule has 0 saturated carbocycles. The summed E-state index contributed by atoms with van der Waals surface area (Å²) < 4.78 is 5.51. The van der Waals surface area contributed by atoms with Crippen molar-refractivity contribution in [3.05, 3.63) is 17.5 Å². The number of ether oxygens (including phenoxy) is 1. The summed E-state index contributed by atoms with van der Waals surface area (Å²) in [6, 6.07) is 1.83. The molecule has 1 aromatic heterocycles. The van der Waals surface area contributed by atoms with Gasteiger partial charge in [0.25, 0.3) is 0 Å². The Hall–Kier alpha value is -0.870. The lowest BCUT2D eigenvalue weighted by Crippen LogP contribution is -2.40. The van der Waals surface area contributed by atoms with E-state index in [0.717, 1.165) is 38.0 Å². The molecule has 4 nitrogen and oxygen atoms in total. The first-order valence-corrected chi connectivity index (χ1v) is 6.01. The summed E-state index contributed by atoms with van der Waals surface area (Å²) in [4.78, 5) is 10.5. The maximum atomic E-state index is 5.87. The summed E-state index contributed by atoms with van der Waals surface area (Å²) in [6.45, 7) is 3.89. The van der Waals surface area contributed by atoms with Crippen molar-refractivity contribution < 1.29 is 4.74 Å². The lowest BCUT2D eigenvalue weighted by molar-refractivity contribution is 0.182. The maximum absolute atomic E-state index is 5.87. The Morgan fingerprint density at radius 2 is 2.19 bits per heavy atom. The molecule has 0 spiro atoms. The van der Waals surface area contributed by atoms with E-state index in [2.05, 4.69) is 14.9 Å². The molecule has 16 heavy (non-hydrogen) atoms. The summed E-state index contributed by atoms with van der Waals surface area (Å²) in [6.07, 6.45) is 2.71. The minimum Gasteiger partial charge on any atom is -0.381 e. The normalized spacial score (nSPS) is 29.2. The van der Waals surface area contributed by atoms with Gasteiger partial charge in [0.1, 0.15) is 17.3 Å². The van der Waals surface area contributed by atoms with E-state index in [-0.39, 0.29) is 0 Å². The zero-order valence-electron chi connectivity index (χ0n) is 8.97. The van der Waals surface area contributed by atoms with Crippen LogP contribution in [0.25, 0.3) is 0 Å². The third-order valence-corrected chi connectivity index (χ3v) is 3.71. The van der Waals surface area contributed by atoms with Gasteiger partial charge in [0.15, 0.2) is 0 Å². The van der Waals surface area contributed by atoms with Crippen LogP contribution in [0, 0.1) is 11.8 Å². The van der Waals surface area contributed by atoms with Crippen molar-refractivity contribution in [3.8, 4) is 0 Å². The molecule has 0 bridgehead atoms. The van der Waals surface area contributed by atoms with Gasteiger partial charge in [-0.25, -0.2) is 9.97 Å². The first-order valence-electron chi connectivity index (χ1n) is 5.63. The van der Waals surface area contributed by atoms with Crippen LogP contribution in [0.3, 0.4) is 0 Å². The Labute approximate surface area is 99.6 Å². The third-order valence-electron chi connectivity index (χ3n) is 3.50. The molecule has 0 aliphatic carbocycles. The summed E-state index contributed by atoms with van der Waals surface area (Å²) >= 11 is 5.87. The second-order valence-electron chi connectivity index (χ2n) is 4.49. The van der Waals surface area contributed by atoms with E-state index in [1.807, 2.05) is 6.07 Å². The average Bonchev–Trinajstić information content (AvgIpc) is 2.75. The van der Waals surface area contributed by atoms with Crippen LogP contribution in [0.5, 0.6) is 0 Å². The summed E-state index contributed by atoms with van der Waals surface area (Å²) in [5.74, 6) is 2.33. The van der Waals surface area contributed by atoms with Gasteiger partial charge in [0.05, 0.1) is 6.61 Å². The number of fused-ring (bicyclic) bond motifs is 1. The van der Waals surface area contributed by atoms with E-state index in [0.29, 0.717) is 11.1 Å². The van der Waals surface area contributed by atoms with Gasteiger partial charge in [-0.3, -0.25) is 0 Å². The van der Waals surface area contributed by atoms with E-state index in [1.165, 1.54) is 12.7 Å². The molecule has 2 saturated heterocycles. The number of hydrogen-bond donors (Lipinski definition) is 0. The fraction of sp³-hybridized carbons (Fsp3) is 0.636. The van der Waals surface area contributed by atoms with Crippen molar-refractivity contribution in [3.63, 3.8) is 0 Å². The molecule has 2 fully saturated rings. The number of nitrogens with zero attached hydrogens (tertiary/aromatic N) is 3. The highest BCUT2D eigenvalue weighted by Crippen LogP contribution is 2.31. The van der Waals surface area contributed by atoms with Gasteiger partial charge in [-0.2, -0.15) is 0 Å². The molecule has 3 heterocycles. The largest absolute Gasteiger partial charge is 0.381 e. The van der Waals surface area contributed by atoms with Crippen molar-refractivity contribution in [2.75, 3.05) is 31.2 Å². The Morgan fingerprint density at radius 1 is 1.31 bits per heavy atom. The molecular formula is C11H14ClN3O. The van der Waals surface area contributed by atoms with Crippen molar-refractivity contribution in [1.82, 2.24) is 9.97 Å². The van der Waals surface area contributed by atoms with E-state index in [4.69, 9.17) is 16.3 Å². The number of anilines is 1.